The highest BCUT2D eigenvalue weighted by Gasteiger charge is 2.22. The topological polar surface area (TPSA) is 92.7 Å². The molecule has 0 aliphatic rings. The molecule has 0 aliphatic heterocycles. The number of nitrogens with one attached hydrogen (secondary N) is 1. The lowest BCUT2D eigenvalue weighted by Gasteiger charge is -2.15. The van der Waals surface area contributed by atoms with Gasteiger partial charge in [0.05, 0.1) is 7.11 Å². The van der Waals surface area contributed by atoms with Crippen molar-refractivity contribution in [1.82, 2.24) is 5.32 Å². The Labute approximate surface area is 123 Å². The molecule has 21 heavy (non-hydrogen) atoms. The first-order valence-corrected chi connectivity index (χ1v) is 6.53. The second-order valence-electron chi connectivity index (χ2n) is 4.73. The third kappa shape index (κ3) is 4.59. The van der Waals surface area contributed by atoms with E-state index in [2.05, 4.69) is 10.1 Å². The molecular formula is C15H19NO5. The number of carboxylic acid groups (broad SMARTS) is 1. The number of benzene rings is 1. The third-order valence-corrected chi connectivity index (χ3v) is 3.32. The van der Waals surface area contributed by atoms with Crippen LogP contribution in [0.3, 0.4) is 0 Å². The first-order valence-electron chi connectivity index (χ1n) is 6.53. The van der Waals surface area contributed by atoms with E-state index in [1.165, 1.54) is 7.11 Å². The lowest BCUT2D eigenvalue weighted by Crippen LogP contribution is -2.41. The summed E-state index contributed by atoms with van der Waals surface area (Å²) in [6.45, 7) is 3.67. The van der Waals surface area contributed by atoms with E-state index in [-0.39, 0.29) is 12.8 Å². The Morgan fingerprint density at radius 2 is 1.95 bits per heavy atom. The molecule has 1 aromatic carbocycles. The van der Waals surface area contributed by atoms with Crippen LogP contribution in [0.4, 0.5) is 0 Å². The lowest BCUT2D eigenvalue weighted by molar-refractivity contribution is -0.142. The number of aryl methyl sites for hydroxylation is 1. The minimum atomic E-state index is -1.18. The van der Waals surface area contributed by atoms with Crippen LogP contribution in [0, 0.1) is 13.8 Å². The smallest absolute Gasteiger partial charge is 0.326 e. The SMILES string of the molecule is COC(=O)CC[C@@H](NC(=O)c1cccc(C)c1C)C(=O)O. The molecule has 0 saturated carbocycles. The number of carbonyl (C=O) groups excluding carboxylic acids is 2. The van der Waals surface area contributed by atoms with E-state index < -0.39 is 23.9 Å². The van der Waals surface area contributed by atoms with E-state index >= 15 is 0 Å². The Morgan fingerprint density at radius 3 is 2.52 bits per heavy atom. The molecule has 1 rings (SSSR count). The first-order chi connectivity index (χ1) is 9.86. The van der Waals surface area contributed by atoms with Gasteiger partial charge in [0.15, 0.2) is 0 Å². The predicted octanol–water partition coefficient (Wildman–Crippen LogP) is 1.44. The molecule has 1 atom stereocenters. The predicted molar refractivity (Wildman–Crippen MR) is 76.1 cm³/mol. The first kappa shape index (κ1) is 16.7. The fourth-order valence-electron chi connectivity index (χ4n) is 1.85. The van der Waals surface area contributed by atoms with Crippen LogP contribution in [0.25, 0.3) is 0 Å². The quantitative estimate of drug-likeness (QED) is 0.774. The summed E-state index contributed by atoms with van der Waals surface area (Å²) in [5, 5.41) is 11.5. The number of ether oxygens (including phenoxy) is 1. The van der Waals surface area contributed by atoms with E-state index in [9.17, 15) is 14.4 Å². The molecule has 0 aliphatic carbocycles. The van der Waals surface area contributed by atoms with Gasteiger partial charge in [-0.2, -0.15) is 0 Å². The maximum Gasteiger partial charge on any atom is 0.326 e. The van der Waals surface area contributed by atoms with Gasteiger partial charge >= 0.3 is 11.9 Å². The number of aliphatic carboxylic acids is 1. The van der Waals surface area contributed by atoms with Crippen LogP contribution in [-0.4, -0.2) is 36.1 Å². The van der Waals surface area contributed by atoms with Gasteiger partial charge in [0.2, 0.25) is 0 Å². The summed E-state index contributed by atoms with van der Waals surface area (Å²) in [4.78, 5) is 34.4. The van der Waals surface area contributed by atoms with Crippen LogP contribution in [0.15, 0.2) is 18.2 Å². The highest BCUT2D eigenvalue weighted by molar-refractivity contribution is 5.98. The van der Waals surface area contributed by atoms with Gasteiger partial charge in [0, 0.05) is 12.0 Å². The second kappa shape index (κ2) is 7.42. The largest absolute Gasteiger partial charge is 0.480 e. The summed E-state index contributed by atoms with van der Waals surface area (Å²) in [5.74, 6) is -2.16. The molecule has 114 valence electrons. The van der Waals surface area contributed by atoms with E-state index in [1.807, 2.05) is 13.0 Å². The highest BCUT2D eigenvalue weighted by atomic mass is 16.5. The van der Waals surface area contributed by atoms with E-state index in [4.69, 9.17) is 5.11 Å². The maximum absolute atomic E-state index is 12.2. The molecule has 0 heterocycles. The zero-order valence-electron chi connectivity index (χ0n) is 12.3. The molecule has 0 aromatic heterocycles. The number of hydrogen-bond acceptors (Lipinski definition) is 4. The fraction of sp³-hybridized carbons (Fsp3) is 0.400. The summed E-state index contributed by atoms with van der Waals surface area (Å²) < 4.78 is 4.46. The van der Waals surface area contributed by atoms with Crippen molar-refractivity contribution < 1.29 is 24.2 Å². The lowest BCUT2D eigenvalue weighted by atomic mass is 10.0. The molecule has 0 unspecified atom stereocenters. The average molecular weight is 293 g/mol. The van der Waals surface area contributed by atoms with Crippen LogP contribution in [-0.2, 0) is 14.3 Å². The van der Waals surface area contributed by atoms with Gasteiger partial charge in [-0.05, 0) is 37.5 Å². The number of methoxy groups -OCH3 is 1. The van der Waals surface area contributed by atoms with Crippen LogP contribution in [0.2, 0.25) is 0 Å². The molecule has 1 amide bonds. The van der Waals surface area contributed by atoms with E-state index in [0.29, 0.717) is 5.56 Å². The highest BCUT2D eigenvalue weighted by Crippen LogP contribution is 2.13. The van der Waals surface area contributed by atoms with Crippen molar-refractivity contribution in [2.45, 2.75) is 32.7 Å². The normalized spacial score (nSPS) is 11.6. The van der Waals surface area contributed by atoms with Gasteiger partial charge in [0.25, 0.3) is 5.91 Å². The van der Waals surface area contributed by atoms with Crippen molar-refractivity contribution in [2.75, 3.05) is 7.11 Å². The molecule has 0 radical (unpaired) electrons. The van der Waals surface area contributed by atoms with Gasteiger partial charge < -0.3 is 15.2 Å². The molecule has 0 saturated heterocycles. The Kier molecular flexibility index (Phi) is 5.90. The van der Waals surface area contributed by atoms with Gasteiger partial charge in [0.1, 0.15) is 6.04 Å². The van der Waals surface area contributed by atoms with E-state index in [1.54, 1.807) is 19.1 Å². The van der Waals surface area contributed by atoms with E-state index in [0.717, 1.165) is 11.1 Å². The van der Waals surface area contributed by atoms with Crippen LogP contribution < -0.4 is 5.32 Å². The number of carboxylic acids is 1. The second-order valence-corrected chi connectivity index (χ2v) is 4.73. The van der Waals surface area contributed by atoms with Crippen molar-refractivity contribution in [2.24, 2.45) is 0 Å². The molecule has 0 bridgehead atoms. The van der Waals surface area contributed by atoms with Crippen molar-refractivity contribution in [3.05, 3.63) is 34.9 Å². The Hall–Kier alpha value is -2.37. The molecule has 2 N–H and O–H groups in total. The fourth-order valence-corrected chi connectivity index (χ4v) is 1.85. The zero-order valence-corrected chi connectivity index (χ0v) is 12.3. The number of carbonyl (C=O) groups is 3. The zero-order chi connectivity index (χ0) is 16.0. The Bertz CT molecular complexity index is 553. The third-order valence-electron chi connectivity index (χ3n) is 3.32. The summed E-state index contributed by atoms with van der Waals surface area (Å²) in [7, 11) is 1.23. The van der Waals surface area contributed by atoms with Crippen LogP contribution >= 0.6 is 0 Å². The van der Waals surface area contributed by atoms with Crippen LogP contribution in [0.1, 0.15) is 34.3 Å². The molecule has 0 spiro atoms. The molecule has 6 nitrogen and oxygen atoms in total. The number of amides is 1. The van der Waals surface area contributed by atoms with Crippen molar-refractivity contribution in [1.29, 1.82) is 0 Å². The summed E-state index contributed by atoms with van der Waals surface area (Å²) >= 11 is 0. The Balaban J connectivity index is 2.79. The van der Waals surface area contributed by atoms with Crippen molar-refractivity contribution >= 4 is 17.8 Å². The van der Waals surface area contributed by atoms with Crippen LogP contribution in [0.5, 0.6) is 0 Å². The average Bonchev–Trinajstić information content (AvgIpc) is 2.45. The summed E-state index contributed by atoms with van der Waals surface area (Å²) in [6, 6.07) is 4.12. The standard InChI is InChI=1S/C15H19NO5/c1-9-5-4-6-11(10(9)2)14(18)16-12(15(19)20)7-8-13(17)21-3/h4-6,12H,7-8H2,1-3H3,(H,16,18)(H,19,20)/t12-/m1/s1. The molecule has 0 fully saturated rings. The molecule has 6 heteroatoms. The van der Waals surface area contributed by atoms with Crippen molar-refractivity contribution in [3.8, 4) is 0 Å². The van der Waals surface area contributed by atoms with Gasteiger partial charge in [-0.1, -0.05) is 12.1 Å². The number of esters is 1. The monoisotopic (exact) mass is 293 g/mol. The minimum Gasteiger partial charge on any atom is -0.480 e. The van der Waals surface area contributed by atoms with Gasteiger partial charge in [-0.15, -0.1) is 0 Å². The van der Waals surface area contributed by atoms with Gasteiger partial charge in [-0.25, -0.2) is 4.79 Å². The summed E-state index contributed by atoms with van der Waals surface area (Å²) in [6.07, 6.45) is -0.0842. The molecular weight excluding hydrogens is 274 g/mol. The van der Waals surface area contributed by atoms with Crippen molar-refractivity contribution in [3.63, 3.8) is 0 Å². The van der Waals surface area contributed by atoms with Gasteiger partial charge in [-0.3, -0.25) is 9.59 Å². The summed E-state index contributed by atoms with van der Waals surface area (Å²) in [5.41, 5.74) is 2.18. The number of hydrogen-bond donors (Lipinski definition) is 2. The molecule has 1 aromatic rings. The minimum absolute atomic E-state index is 0.0153. The Morgan fingerprint density at radius 1 is 1.29 bits per heavy atom. The maximum atomic E-state index is 12.2. The number of rotatable bonds is 6.